The molecular formula is C29H29ClN2O5. The van der Waals surface area contributed by atoms with Crippen molar-refractivity contribution >= 4 is 34.8 Å². The number of hydroxylamine groups is 1. The highest BCUT2D eigenvalue weighted by Gasteiger charge is 2.60. The van der Waals surface area contributed by atoms with Crippen molar-refractivity contribution in [1.82, 2.24) is 0 Å². The minimum absolute atomic E-state index is 0.332. The van der Waals surface area contributed by atoms with Crippen LogP contribution in [0.5, 0.6) is 11.5 Å². The fourth-order valence-corrected chi connectivity index (χ4v) is 5.03. The van der Waals surface area contributed by atoms with Crippen LogP contribution in [0.25, 0.3) is 0 Å². The third-order valence-corrected chi connectivity index (χ3v) is 6.79. The summed E-state index contributed by atoms with van der Waals surface area (Å²) < 4.78 is 11.9. The van der Waals surface area contributed by atoms with Gasteiger partial charge in [-0.05, 0) is 61.4 Å². The summed E-state index contributed by atoms with van der Waals surface area (Å²) in [6, 6.07) is 21.3. The van der Waals surface area contributed by atoms with Gasteiger partial charge in [-0.25, -0.2) is 9.96 Å². The third-order valence-electron chi connectivity index (χ3n) is 6.56. The summed E-state index contributed by atoms with van der Waals surface area (Å²) in [5.74, 6) is -0.258. The van der Waals surface area contributed by atoms with Crippen LogP contribution >= 0.6 is 11.6 Å². The van der Waals surface area contributed by atoms with Crippen LogP contribution in [0.15, 0.2) is 72.8 Å². The Balaban J connectivity index is 1.55. The largest absolute Gasteiger partial charge is 0.490 e. The zero-order valence-corrected chi connectivity index (χ0v) is 21.6. The van der Waals surface area contributed by atoms with Gasteiger partial charge < -0.3 is 9.47 Å². The Labute approximate surface area is 221 Å². The van der Waals surface area contributed by atoms with Crippen LogP contribution in [0.4, 0.5) is 11.4 Å². The second-order valence-electron chi connectivity index (χ2n) is 8.99. The van der Waals surface area contributed by atoms with Crippen LogP contribution in [0.1, 0.15) is 38.3 Å². The van der Waals surface area contributed by atoms with Gasteiger partial charge in [-0.15, -0.1) is 0 Å². The molecule has 0 saturated carbocycles. The molecule has 2 fully saturated rings. The van der Waals surface area contributed by atoms with Gasteiger partial charge in [0.05, 0.1) is 30.6 Å². The fraction of sp³-hybridized carbons (Fsp3) is 0.310. The molecule has 3 unspecified atom stereocenters. The molecule has 0 spiro atoms. The van der Waals surface area contributed by atoms with E-state index in [9.17, 15) is 9.59 Å². The van der Waals surface area contributed by atoms with E-state index >= 15 is 0 Å². The number of hydrogen-bond acceptors (Lipinski definition) is 6. The van der Waals surface area contributed by atoms with Crippen LogP contribution in [0.2, 0.25) is 5.02 Å². The summed E-state index contributed by atoms with van der Waals surface area (Å²) in [5.41, 5.74) is 1.97. The van der Waals surface area contributed by atoms with Gasteiger partial charge >= 0.3 is 0 Å². The predicted octanol–water partition coefficient (Wildman–Crippen LogP) is 5.97. The summed E-state index contributed by atoms with van der Waals surface area (Å²) in [5, 5.41) is 2.11. The number of benzene rings is 3. The maximum Gasteiger partial charge on any atom is 0.266 e. The van der Waals surface area contributed by atoms with Crippen LogP contribution < -0.4 is 19.4 Å². The average Bonchev–Trinajstić information content (AvgIpc) is 3.41. The Morgan fingerprint density at radius 2 is 1.65 bits per heavy atom. The Morgan fingerprint density at radius 1 is 0.865 bits per heavy atom. The minimum atomic E-state index is -0.965. The first kappa shape index (κ1) is 25.1. The molecule has 0 bridgehead atoms. The summed E-state index contributed by atoms with van der Waals surface area (Å²) in [6.45, 7) is 5.07. The number of fused-ring (bicyclic) bond motifs is 1. The first-order chi connectivity index (χ1) is 18.0. The normalized spacial score (nSPS) is 20.9. The van der Waals surface area contributed by atoms with E-state index in [4.69, 9.17) is 25.9 Å². The number of carbonyl (C=O) groups is 2. The maximum absolute atomic E-state index is 13.8. The number of unbranched alkanes of at least 4 members (excludes halogenated alkanes) is 1. The monoisotopic (exact) mass is 520 g/mol. The van der Waals surface area contributed by atoms with Gasteiger partial charge in [0.25, 0.3) is 5.91 Å². The summed E-state index contributed by atoms with van der Waals surface area (Å²) in [6.07, 6.45) is 0.994. The van der Waals surface area contributed by atoms with E-state index in [-0.39, 0.29) is 5.91 Å². The van der Waals surface area contributed by atoms with Crippen molar-refractivity contribution in [3.63, 3.8) is 0 Å². The molecule has 37 heavy (non-hydrogen) atoms. The molecule has 7 nitrogen and oxygen atoms in total. The van der Waals surface area contributed by atoms with Gasteiger partial charge in [0, 0.05) is 5.02 Å². The lowest BCUT2D eigenvalue weighted by molar-refractivity contribution is -0.126. The van der Waals surface area contributed by atoms with Crippen molar-refractivity contribution in [3.05, 3.63) is 83.4 Å². The predicted molar refractivity (Wildman–Crippen MR) is 142 cm³/mol. The van der Waals surface area contributed by atoms with Gasteiger partial charge in [-0.3, -0.25) is 14.4 Å². The van der Waals surface area contributed by atoms with Gasteiger partial charge in [-0.2, -0.15) is 0 Å². The van der Waals surface area contributed by atoms with Crippen molar-refractivity contribution < 1.29 is 23.9 Å². The standard InChI is InChI=1S/C29H29ClN2O5/c1-3-5-16-36-23-15-14-19(17-24(23)35-4-2)26-25-27(37-32(26)21-11-7-6-8-12-21)29(34)31(28(25)33)22-13-9-10-20(30)18-22/h6-15,17-18,25-27H,3-5,16H2,1-2H3. The van der Waals surface area contributed by atoms with Crippen molar-refractivity contribution in [2.75, 3.05) is 23.2 Å². The first-order valence-corrected chi connectivity index (χ1v) is 12.9. The van der Waals surface area contributed by atoms with Gasteiger partial charge in [0.1, 0.15) is 5.92 Å². The highest BCUT2D eigenvalue weighted by Crippen LogP contribution is 2.48. The SMILES string of the molecule is CCCCOc1ccc(C2C3C(=O)N(c4cccc(Cl)c4)C(=O)C3ON2c2ccccc2)cc1OCC. The number of imide groups is 1. The topological polar surface area (TPSA) is 68.3 Å². The van der Waals surface area contributed by atoms with E-state index in [0.29, 0.717) is 35.4 Å². The molecule has 2 aliphatic heterocycles. The third kappa shape index (κ3) is 4.77. The molecule has 0 aliphatic carbocycles. The lowest BCUT2D eigenvalue weighted by atomic mass is 9.90. The zero-order chi connectivity index (χ0) is 25.9. The smallest absolute Gasteiger partial charge is 0.266 e. The molecule has 8 heteroatoms. The Bertz CT molecular complexity index is 1280. The molecule has 2 heterocycles. The van der Waals surface area contributed by atoms with Crippen molar-refractivity contribution in [3.8, 4) is 11.5 Å². The number of hydrogen-bond donors (Lipinski definition) is 0. The molecule has 2 amide bonds. The number of anilines is 2. The Morgan fingerprint density at radius 3 is 2.38 bits per heavy atom. The summed E-state index contributed by atoms with van der Waals surface area (Å²) in [4.78, 5) is 34.7. The minimum Gasteiger partial charge on any atom is -0.490 e. The second-order valence-corrected chi connectivity index (χ2v) is 9.43. The first-order valence-electron chi connectivity index (χ1n) is 12.6. The van der Waals surface area contributed by atoms with Crippen molar-refractivity contribution in [1.29, 1.82) is 0 Å². The second kappa shape index (κ2) is 10.8. The average molecular weight is 521 g/mol. The summed E-state index contributed by atoms with van der Waals surface area (Å²) in [7, 11) is 0. The van der Waals surface area contributed by atoms with E-state index < -0.39 is 24.0 Å². The van der Waals surface area contributed by atoms with Gasteiger partial charge in [0.2, 0.25) is 5.91 Å². The van der Waals surface area contributed by atoms with Crippen LogP contribution in [0, 0.1) is 5.92 Å². The molecule has 3 aromatic rings. The molecule has 3 aromatic carbocycles. The number of ether oxygens (including phenoxy) is 2. The van der Waals surface area contributed by atoms with Gasteiger partial charge in [0.15, 0.2) is 17.6 Å². The Hall–Kier alpha value is -3.55. The number of halogens is 1. The maximum atomic E-state index is 13.8. The van der Waals surface area contributed by atoms with Crippen molar-refractivity contribution in [2.24, 2.45) is 5.92 Å². The molecular weight excluding hydrogens is 492 g/mol. The lowest BCUT2D eigenvalue weighted by Gasteiger charge is -2.29. The van der Waals surface area contributed by atoms with E-state index in [1.54, 1.807) is 29.3 Å². The number of amides is 2. The molecule has 0 aromatic heterocycles. The van der Waals surface area contributed by atoms with Gasteiger partial charge in [-0.1, -0.05) is 55.3 Å². The highest BCUT2D eigenvalue weighted by molar-refractivity contribution is 6.31. The van der Waals surface area contributed by atoms with E-state index in [2.05, 4.69) is 6.92 Å². The summed E-state index contributed by atoms with van der Waals surface area (Å²) >= 11 is 6.16. The Kier molecular flexibility index (Phi) is 7.35. The number of carbonyl (C=O) groups excluding carboxylic acids is 2. The molecule has 192 valence electrons. The van der Waals surface area contributed by atoms with Crippen LogP contribution in [0.3, 0.4) is 0 Å². The molecule has 2 saturated heterocycles. The molecule has 5 rings (SSSR count). The number of para-hydroxylation sites is 1. The zero-order valence-electron chi connectivity index (χ0n) is 20.8. The molecule has 0 N–H and O–H groups in total. The number of nitrogens with zero attached hydrogens (tertiary/aromatic N) is 2. The van der Waals surface area contributed by atoms with E-state index in [0.717, 1.165) is 24.1 Å². The molecule has 2 aliphatic rings. The van der Waals surface area contributed by atoms with Crippen LogP contribution in [-0.2, 0) is 14.4 Å². The van der Waals surface area contributed by atoms with E-state index in [1.807, 2.05) is 55.5 Å². The van der Waals surface area contributed by atoms with E-state index in [1.165, 1.54) is 4.90 Å². The number of rotatable bonds is 9. The molecule has 3 atom stereocenters. The lowest BCUT2D eigenvalue weighted by Crippen LogP contribution is -2.37. The molecule has 0 radical (unpaired) electrons. The van der Waals surface area contributed by atoms with Crippen LogP contribution in [-0.4, -0.2) is 31.1 Å². The highest BCUT2D eigenvalue weighted by atomic mass is 35.5. The quantitative estimate of drug-likeness (QED) is 0.256. The fourth-order valence-electron chi connectivity index (χ4n) is 4.84. The van der Waals surface area contributed by atoms with Crippen molar-refractivity contribution in [2.45, 2.75) is 38.8 Å².